The van der Waals surface area contributed by atoms with Crippen molar-refractivity contribution >= 4 is 0 Å². The first kappa shape index (κ1) is 39.3. The first-order valence-corrected chi connectivity index (χ1v) is 17.1. The molecule has 5 aromatic carbocycles. The monoisotopic (exact) mass is 664 g/mol. The summed E-state index contributed by atoms with van der Waals surface area (Å²) in [6, 6.07) is 25.8. The molecule has 0 aliphatic rings. The molecule has 0 aliphatic carbocycles. The van der Waals surface area contributed by atoms with Crippen molar-refractivity contribution in [2.24, 2.45) is 0 Å². The molecule has 0 fully saturated rings. The Morgan fingerprint density at radius 1 is 0.327 bits per heavy atom. The lowest BCUT2D eigenvalue weighted by atomic mass is 9.74. The number of hydrogen-bond donors (Lipinski definition) is 0. The molecular weight excluding hydrogens is 610 g/mol. The molecule has 0 saturated carbocycles. The van der Waals surface area contributed by atoms with Crippen molar-refractivity contribution < 1.29 is 13.2 Å². The highest BCUT2D eigenvalue weighted by Crippen LogP contribution is 2.46. The lowest BCUT2D eigenvalue weighted by Gasteiger charge is -2.34. The molecule has 0 heterocycles. The van der Waals surface area contributed by atoms with Crippen LogP contribution in [0.3, 0.4) is 0 Å². The Bertz CT molecular complexity index is 1840. The Labute approximate surface area is 294 Å². The molecular formula is C46H55F3. The van der Waals surface area contributed by atoms with Gasteiger partial charge in [-0.2, -0.15) is 13.2 Å². The maximum absolute atomic E-state index is 13.9. The third-order valence-electron chi connectivity index (χ3n) is 10.5. The van der Waals surface area contributed by atoms with E-state index in [9.17, 15) is 13.2 Å². The molecule has 0 amide bonds. The van der Waals surface area contributed by atoms with E-state index >= 15 is 0 Å². The number of alkyl halides is 3. The zero-order valence-corrected chi connectivity index (χ0v) is 32.1. The molecule has 0 N–H and O–H groups in total. The minimum atomic E-state index is -4.36. The van der Waals surface area contributed by atoms with Gasteiger partial charge in [0, 0.05) is 0 Å². The van der Waals surface area contributed by atoms with Crippen LogP contribution in [0.25, 0.3) is 11.1 Å². The molecule has 0 atom stereocenters. The van der Waals surface area contributed by atoms with Crippen LogP contribution in [0.4, 0.5) is 13.2 Å². The van der Waals surface area contributed by atoms with Crippen molar-refractivity contribution in [3.8, 4) is 11.1 Å². The van der Waals surface area contributed by atoms with Crippen LogP contribution in [0.1, 0.15) is 90.4 Å². The molecule has 0 nitrogen and oxygen atoms in total. The van der Waals surface area contributed by atoms with Gasteiger partial charge in [0.25, 0.3) is 0 Å². The Hall–Kier alpha value is -4.11. The largest absolute Gasteiger partial charge is 0.402 e. The van der Waals surface area contributed by atoms with Crippen LogP contribution < -0.4 is 0 Å². The Kier molecular flexibility index (Phi) is 12.5. The molecule has 5 aromatic rings. The topological polar surface area (TPSA) is 0 Å². The summed E-state index contributed by atoms with van der Waals surface area (Å²) in [4.78, 5) is 0. The zero-order valence-electron chi connectivity index (χ0n) is 32.1. The van der Waals surface area contributed by atoms with Crippen molar-refractivity contribution in [1.82, 2.24) is 0 Å². The van der Waals surface area contributed by atoms with E-state index in [1.165, 1.54) is 68.1 Å². The Morgan fingerprint density at radius 2 is 0.633 bits per heavy atom. The maximum Gasteiger partial charge on any atom is 0.402 e. The van der Waals surface area contributed by atoms with Crippen LogP contribution in [0.2, 0.25) is 0 Å². The van der Waals surface area contributed by atoms with Crippen LogP contribution in [-0.4, -0.2) is 6.18 Å². The molecule has 260 valence electrons. The average molecular weight is 665 g/mol. The number of benzene rings is 5. The quantitative estimate of drug-likeness (QED) is 0.180. The fraction of sp³-hybridized carbons (Fsp3) is 0.348. The molecule has 0 spiro atoms. The second kappa shape index (κ2) is 15.6. The van der Waals surface area contributed by atoms with Gasteiger partial charge < -0.3 is 0 Å². The van der Waals surface area contributed by atoms with Gasteiger partial charge in [0.1, 0.15) is 5.41 Å². The smallest absolute Gasteiger partial charge is 0.170 e. The summed E-state index contributed by atoms with van der Waals surface area (Å²) in [5.74, 6) is 0. The lowest BCUT2D eigenvalue weighted by molar-refractivity contribution is -0.173. The Morgan fingerprint density at radius 3 is 0.980 bits per heavy atom. The second-order valence-corrected chi connectivity index (χ2v) is 14.3. The van der Waals surface area contributed by atoms with Crippen molar-refractivity contribution in [3.63, 3.8) is 0 Å². The standard InChI is InChI=1S/C19H21F3.C17H20.C10H14/c1-12-6-8-16(10-14(12)3)18(5,19(20,21)22)17-9-7-13(2)15(4)11-17;1-11-6-7-16(9-13(11)3)17-10-14(4)12(2)8-15(17)5;1-7-5-9(3)10(4)6-8(7)2/h6-11H,1-5H3;6-10H,1-5H3;5-6H,1-4H3. The maximum atomic E-state index is 13.9. The van der Waals surface area contributed by atoms with Gasteiger partial charge in [-0.1, -0.05) is 78.9 Å². The summed E-state index contributed by atoms with van der Waals surface area (Å²) in [7, 11) is 0. The number of halogens is 3. The van der Waals surface area contributed by atoms with Gasteiger partial charge in [-0.05, 0) is 192 Å². The Balaban J connectivity index is 0.000000213. The fourth-order valence-electron chi connectivity index (χ4n) is 5.88. The summed E-state index contributed by atoms with van der Waals surface area (Å²) >= 11 is 0. The van der Waals surface area contributed by atoms with E-state index in [0.717, 1.165) is 22.3 Å². The molecule has 0 bridgehead atoms. The second-order valence-electron chi connectivity index (χ2n) is 14.3. The average Bonchev–Trinajstić information content (AvgIpc) is 3.02. The third kappa shape index (κ3) is 9.12. The normalized spacial score (nSPS) is 11.4. The zero-order chi connectivity index (χ0) is 37.0. The van der Waals surface area contributed by atoms with Crippen molar-refractivity contribution in [3.05, 3.63) is 162 Å². The molecule has 49 heavy (non-hydrogen) atoms. The van der Waals surface area contributed by atoms with Gasteiger partial charge in [0.05, 0.1) is 0 Å². The van der Waals surface area contributed by atoms with Crippen molar-refractivity contribution in [1.29, 1.82) is 0 Å². The molecule has 3 heteroatoms. The van der Waals surface area contributed by atoms with Crippen molar-refractivity contribution in [2.75, 3.05) is 0 Å². The van der Waals surface area contributed by atoms with Crippen LogP contribution in [0.15, 0.2) is 78.9 Å². The lowest BCUT2D eigenvalue weighted by Crippen LogP contribution is -2.40. The van der Waals surface area contributed by atoms with E-state index in [0.29, 0.717) is 0 Å². The summed E-state index contributed by atoms with van der Waals surface area (Å²) in [6.45, 7) is 28.3. The van der Waals surface area contributed by atoms with Crippen LogP contribution in [0, 0.1) is 90.0 Å². The molecule has 0 unspecified atom stereocenters. The summed E-state index contributed by atoms with van der Waals surface area (Å²) in [6.07, 6.45) is -4.36. The first-order valence-electron chi connectivity index (χ1n) is 17.1. The minimum absolute atomic E-state index is 0.284. The van der Waals surface area contributed by atoms with Crippen molar-refractivity contribution in [2.45, 2.75) is 109 Å². The van der Waals surface area contributed by atoms with Crippen LogP contribution in [0.5, 0.6) is 0 Å². The number of rotatable bonds is 3. The van der Waals surface area contributed by atoms with Gasteiger partial charge in [0.15, 0.2) is 0 Å². The van der Waals surface area contributed by atoms with E-state index in [1.54, 1.807) is 36.4 Å². The highest BCUT2D eigenvalue weighted by molar-refractivity contribution is 5.69. The summed E-state index contributed by atoms with van der Waals surface area (Å²) in [5, 5.41) is 0. The number of hydrogen-bond acceptors (Lipinski definition) is 0. The SMILES string of the molecule is Cc1cc(C)c(C)cc1C.Cc1ccc(-c2cc(C)c(C)cc2C)cc1C.Cc1ccc(C(C)(c2ccc(C)c(C)c2)C(F)(F)F)cc1C. The number of aryl methyl sites for hydroxylation is 13. The predicted molar refractivity (Wildman–Crippen MR) is 205 cm³/mol. The summed E-state index contributed by atoms with van der Waals surface area (Å²) < 4.78 is 41.8. The van der Waals surface area contributed by atoms with Gasteiger partial charge in [-0.15, -0.1) is 0 Å². The molecule has 0 aromatic heterocycles. The van der Waals surface area contributed by atoms with Gasteiger partial charge >= 0.3 is 6.18 Å². The minimum Gasteiger partial charge on any atom is -0.170 e. The van der Waals surface area contributed by atoms with E-state index in [1.807, 2.05) is 27.7 Å². The van der Waals surface area contributed by atoms with Crippen LogP contribution >= 0.6 is 0 Å². The van der Waals surface area contributed by atoms with Gasteiger partial charge in [-0.25, -0.2) is 0 Å². The molecule has 0 saturated heterocycles. The highest BCUT2D eigenvalue weighted by Gasteiger charge is 2.53. The van der Waals surface area contributed by atoms with E-state index in [-0.39, 0.29) is 11.1 Å². The van der Waals surface area contributed by atoms with E-state index < -0.39 is 11.6 Å². The van der Waals surface area contributed by atoms with Gasteiger partial charge in [-0.3, -0.25) is 0 Å². The molecule has 0 aliphatic heterocycles. The summed E-state index contributed by atoms with van der Waals surface area (Å²) in [5.41, 5.74) is 17.4. The predicted octanol–water partition coefficient (Wildman–Crippen LogP) is 13.6. The van der Waals surface area contributed by atoms with Gasteiger partial charge in [0.2, 0.25) is 0 Å². The highest BCUT2D eigenvalue weighted by atomic mass is 19.4. The molecule has 0 radical (unpaired) electrons. The van der Waals surface area contributed by atoms with Crippen LogP contribution in [-0.2, 0) is 5.41 Å². The fourth-order valence-corrected chi connectivity index (χ4v) is 5.88. The first-order chi connectivity index (χ1) is 22.7. The van der Waals surface area contributed by atoms with E-state index in [2.05, 4.69) is 105 Å². The molecule has 5 rings (SSSR count). The van der Waals surface area contributed by atoms with E-state index in [4.69, 9.17) is 0 Å². The third-order valence-corrected chi connectivity index (χ3v) is 10.5.